The second-order valence-electron chi connectivity index (χ2n) is 5.40. The van der Waals surface area contributed by atoms with Gasteiger partial charge in [0.25, 0.3) is 0 Å². The van der Waals surface area contributed by atoms with Crippen LogP contribution in [0.25, 0.3) is 0 Å². The van der Waals surface area contributed by atoms with Crippen LogP contribution >= 0.6 is 0 Å². The standard InChI is InChI=1S/C12H23NO2S/c1-11-6-5-7-12(10-11)16(14,15)13-8-3-2-4-9-13/h11-12H,2-10H2,1H3. The summed E-state index contributed by atoms with van der Waals surface area (Å²) >= 11 is 0. The molecule has 16 heavy (non-hydrogen) atoms. The van der Waals surface area contributed by atoms with Crippen molar-refractivity contribution >= 4 is 10.0 Å². The van der Waals surface area contributed by atoms with Crippen LogP contribution in [-0.4, -0.2) is 31.1 Å². The zero-order valence-electron chi connectivity index (χ0n) is 10.2. The summed E-state index contributed by atoms with van der Waals surface area (Å²) in [6, 6.07) is 0. The van der Waals surface area contributed by atoms with Crippen LogP contribution in [0.4, 0.5) is 0 Å². The monoisotopic (exact) mass is 245 g/mol. The van der Waals surface area contributed by atoms with E-state index in [4.69, 9.17) is 0 Å². The van der Waals surface area contributed by atoms with E-state index >= 15 is 0 Å². The smallest absolute Gasteiger partial charge is 0.212 e. The van der Waals surface area contributed by atoms with Gasteiger partial charge in [0.2, 0.25) is 10.0 Å². The van der Waals surface area contributed by atoms with Gasteiger partial charge >= 0.3 is 0 Å². The topological polar surface area (TPSA) is 37.4 Å². The SMILES string of the molecule is CC1CCCC(S(=O)(=O)N2CCCCC2)C1. The lowest BCUT2D eigenvalue weighted by atomic mass is 9.91. The first kappa shape index (κ1) is 12.4. The molecule has 1 aliphatic carbocycles. The molecule has 2 aliphatic rings. The van der Waals surface area contributed by atoms with E-state index in [1.54, 1.807) is 4.31 Å². The van der Waals surface area contributed by atoms with Crippen LogP contribution in [0.3, 0.4) is 0 Å². The Morgan fingerprint density at radius 3 is 2.31 bits per heavy atom. The van der Waals surface area contributed by atoms with Crippen molar-refractivity contribution in [1.29, 1.82) is 0 Å². The Hall–Kier alpha value is -0.0900. The summed E-state index contributed by atoms with van der Waals surface area (Å²) in [6.07, 6.45) is 7.31. The Bertz CT molecular complexity index is 320. The maximum absolute atomic E-state index is 12.4. The second kappa shape index (κ2) is 5.05. The van der Waals surface area contributed by atoms with Gasteiger partial charge in [0.05, 0.1) is 5.25 Å². The normalized spacial score (nSPS) is 33.8. The summed E-state index contributed by atoms with van der Waals surface area (Å²) in [4.78, 5) is 0. The number of hydrogen-bond donors (Lipinski definition) is 0. The largest absolute Gasteiger partial charge is 0.216 e. The molecule has 0 aromatic heterocycles. The summed E-state index contributed by atoms with van der Waals surface area (Å²) in [5.41, 5.74) is 0. The van der Waals surface area contributed by atoms with Crippen LogP contribution in [0.1, 0.15) is 51.9 Å². The maximum atomic E-state index is 12.4. The van der Waals surface area contributed by atoms with Gasteiger partial charge in [-0.15, -0.1) is 0 Å². The Labute approximate surface area is 99.3 Å². The lowest BCUT2D eigenvalue weighted by molar-refractivity contribution is 0.321. The van der Waals surface area contributed by atoms with Crippen molar-refractivity contribution in [2.75, 3.05) is 13.1 Å². The van der Waals surface area contributed by atoms with Crippen LogP contribution in [0.15, 0.2) is 0 Å². The summed E-state index contributed by atoms with van der Waals surface area (Å²) < 4.78 is 26.6. The first-order valence-corrected chi connectivity index (χ1v) is 8.10. The zero-order valence-corrected chi connectivity index (χ0v) is 11.0. The van der Waals surface area contributed by atoms with Crippen molar-refractivity contribution in [3.63, 3.8) is 0 Å². The van der Waals surface area contributed by atoms with Crippen molar-refractivity contribution in [2.24, 2.45) is 5.92 Å². The van der Waals surface area contributed by atoms with Gasteiger partial charge in [-0.2, -0.15) is 0 Å². The molecule has 0 N–H and O–H groups in total. The molecular formula is C12H23NO2S. The molecule has 0 aromatic rings. The van der Waals surface area contributed by atoms with Crippen LogP contribution in [-0.2, 0) is 10.0 Å². The molecule has 0 aromatic carbocycles. The van der Waals surface area contributed by atoms with Gasteiger partial charge < -0.3 is 0 Å². The Morgan fingerprint density at radius 2 is 1.69 bits per heavy atom. The molecular weight excluding hydrogens is 222 g/mol. The van der Waals surface area contributed by atoms with Crippen LogP contribution in [0.2, 0.25) is 0 Å². The van der Waals surface area contributed by atoms with E-state index in [0.29, 0.717) is 5.92 Å². The van der Waals surface area contributed by atoms with Gasteiger partial charge in [0.1, 0.15) is 0 Å². The zero-order chi connectivity index (χ0) is 11.6. The van der Waals surface area contributed by atoms with Crippen LogP contribution < -0.4 is 0 Å². The molecule has 2 unspecified atom stereocenters. The molecule has 2 rings (SSSR count). The third kappa shape index (κ3) is 2.59. The highest BCUT2D eigenvalue weighted by Crippen LogP contribution is 2.30. The predicted molar refractivity (Wildman–Crippen MR) is 65.8 cm³/mol. The minimum absolute atomic E-state index is 0.0886. The van der Waals surface area contributed by atoms with Crippen LogP contribution in [0, 0.1) is 5.92 Å². The number of piperidine rings is 1. The minimum Gasteiger partial charge on any atom is -0.212 e. The van der Waals surface area contributed by atoms with Gasteiger partial charge in [0, 0.05) is 13.1 Å². The lowest BCUT2D eigenvalue weighted by Crippen LogP contribution is -2.43. The van der Waals surface area contributed by atoms with Gasteiger partial charge in [0.15, 0.2) is 0 Å². The van der Waals surface area contributed by atoms with Crippen molar-refractivity contribution < 1.29 is 8.42 Å². The van der Waals surface area contributed by atoms with E-state index in [-0.39, 0.29) is 5.25 Å². The highest BCUT2D eigenvalue weighted by molar-refractivity contribution is 7.89. The molecule has 0 spiro atoms. The Balaban J connectivity index is 2.05. The molecule has 1 saturated heterocycles. The fourth-order valence-corrected chi connectivity index (χ4v) is 5.20. The van der Waals surface area contributed by atoms with Crippen LogP contribution in [0.5, 0.6) is 0 Å². The lowest BCUT2D eigenvalue weighted by Gasteiger charge is -2.33. The van der Waals surface area contributed by atoms with Gasteiger partial charge in [-0.3, -0.25) is 0 Å². The van der Waals surface area contributed by atoms with E-state index in [9.17, 15) is 8.42 Å². The summed E-state index contributed by atoms with van der Waals surface area (Å²) in [6.45, 7) is 3.69. The summed E-state index contributed by atoms with van der Waals surface area (Å²) in [7, 11) is -2.98. The predicted octanol–water partition coefficient (Wildman–Crippen LogP) is 2.38. The molecule has 0 amide bonds. The quantitative estimate of drug-likeness (QED) is 0.749. The highest BCUT2D eigenvalue weighted by Gasteiger charge is 2.35. The van der Waals surface area contributed by atoms with Crippen molar-refractivity contribution in [1.82, 2.24) is 4.31 Å². The fraction of sp³-hybridized carbons (Fsp3) is 1.00. The molecule has 2 fully saturated rings. The highest BCUT2D eigenvalue weighted by atomic mass is 32.2. The first-order chi connectivity index (χ1) is 7.60. The number of nitrogens with zero attached hydrogens (tertiary/aromatic N) is 1. The molecule has 1 saturated carbocycles. The van der Waals surface area contributed by atoms with Gasteiger partial charge in [-0.25, -0.2) is 12.7 Å². The average Bonchev–Trinajstić information content (AvgIpc) is 2.30. The Morgan fingerprint density at radius 1 is 1.00 bits per heavy atom. The first-order valence-electron chi connectivity index (χ1n) is 6.59. The van der Waals surface area contributed by atoms with E-state index < -0.39 is 10.0 Å². The Kier molecular flexibility index (Phi) is 3.90. The molecule has 94 valence electrons. The van der Waals surface area contributed by atoms with E-state index in [0.717, 1.165) is 45.2 Å². The van der Waals surface area contributed by atoms with Gasteiger partial charge in [-0.05, 0) is 31.6 Å². The molecule has 2 atom stereocenters. The molecule has 3 nitrogen and oxygen atoms in total. The molecule has 4 heteroatoms. The van der Waals surface area contributed by atoms with E-state index in [2.05, 4.69) is 6.92 Å². The van der Waals surface area contributed by atoms with Crippen molar-refractivity contribution in [3.05, 3.63) is 0 Å². The van der Waals surface area contributed by atoms with E-state index in [1.807, 2.05) is 0 Å². The summed E-state index contributed by atoms with van der Waals surface area (Å²) in [5.74, 6) is 0.582. The average molecular weight is 245 g/mol. The minimum atomic E-state index is -2.98. The van der Waals surface area contributed by atoms with Crippen molar-refractivity contribution in [2.45, 2.75) is 57.1 Å². The third-order valence-corrected chi connectivity index (χ3v) is 6.34. The fourth-order valence-electron chi connectivity index (χ4n) is 2.98. The molecule has 0 bridgehead atoms. The third-order valence-electron chi connectivity index (χ3n) is 3.98. The van der Waals surface area contributed by atoms with E-state index in [1.165, 1.54) is 12.8 Å². The second-order valence-corrected chi connectivity index (χ2v) is 7.61. The maximum Gasteiger partial charge on any atom is 0.216 e. The summed E-state index contributed by atoms with van der Waals surface area (Å²) in [5, 5.41) is -0.0886. The van der Waals surface area contributed by atoms with Gasteiger partial charge in [-0.1, -0.05) is 26.2 Å². The number of sulfonamides is 1. The molecule has 1 aliphatic heterocycles. The number of hydrogen-bond acceptors (Lipinski definition) is 2. The number of rotatable bonds is 2. The van der Waals surface area contributed by atoms with Crippen molar-refractivity contribution in [3.8, 4) is 0 Å². The molecule has 1 heterocycles. The molecule has 0 radical (unpaired) electrons.